The van der Waals surface area contributed by atoms with Crippen molar-refractivity contribution in [3.63, 3.8) is 0 Å². The first-order chi connectivity index (χ1) is 15.5. The molecule has 3 amide bonds. The second-order valence-corrected chi connectivity index (χ2v) is 8.10. The largest absolute Gasteiger partial charge is 0.469 e. The summed E-state index contributed by atoms with van der Waals surface area (Å²) in [5.74, 6) is -1.03. The van der Waals surface area contributed by atoms with Crippen LogP contribution in [0.1, 0.15) is 23.2 Å². The van der Waals surface area contributed by atoms with Gasteiger partial charge < -0.3 is 14.2 Å². The van der Waals surface area contributed by atoms with Gasteiger partial charge in [0.25, 0.3) is 5.91 Å². The van der Waals surface area contributed by atoms with Crippen molar-refractivity contribution in [3.05, 3.63) is 71.2 Å². The molecule has 1 aromatic heterocycles. The van der Waals surface area contributed by atoms with Gasteiger partial charge in [0.15, 0.2) is 0 Å². The zero-order valence-corrected chi connectivity index (χ0v) is 17.6. The number of halogens is 1. The average Bonchev–Trinajstić information content (AvgIpc) is 3.24. The van der Waals surface area contributed by atoms with Gasteiger partial charge in [-0.2, -0.15) is 0 Å². The molecule has 32 heavy (non-hydrogen) atoms. The standard InChI is InChI=1S/C24H22FN3O4/c1-32-22(29)10-11-26-23(30)20-12-18-17-4-2-3-5-19(17)27(21(18)14-28(20)24(26)31)13-15-6-8-16(25)9-7-15/h2-9,20H,10-14H2,1H3. The maximum Gasteiger partial charge on any atom is 0.327 e. The lowest BCUT2D eigenvalue weighted by atomic mass is 9.97. The van der Waals surface area contributed by atoms with Gasteiger partial charge in [-0.1, -0.05) is 30.3 Å². The molecule has 164 valence electrons. The maximum atomic E-state index is 13.4. The number of carbonyl (C=O) groups excluding carboxylic acids is 3. The molecule has 2 aromatic carbocycles. The average molecular weight is 435 g/mol. The van der Waals surface area contributed by atoms with E-state index in [1.165, 1.54) is 19.2 Å². The van der Waals surface area contributed by atoms with Crippen LogP contribution in [0.4, 0.5) is 9.18 Å². The smallest absolute Gasteiger partial charge is 0.327 e. The molecule has 3 heterocycles. The summed E-state index contributed by atoms with van der Waals surface area (Å²) in [5, 5.41) is 1.05. The van der Waals surface area contributed by atoms with E-state index in [1.807, 2.05) is 24.3 Å². The van der Waals surface area contributed by atoms with E-state index in [1.54, 1.807) is 17.0 Å². The minimum Gasteiger partial charge on any atom is -0.469 e. The van der Waals surface area contributed by atoms with E-state index in [9.17, 15) is 18.8 Å². The molecule has 0 N–H and O–H groups in total. The predicted octanol–water partition coefficient (Wildman–Crippen LogP) is 3.08. The highest BCUT2D eigenvalue weighted by Crippen LogP contribution is 2.36. The topological polar surface area (TPSA) is 71.8 Å². The second-order valence-electron chi connectivity index (χ2n) is 8.10. The molecule has 3 aromatic rings. The first kappa shape index (κ1) is 20.2. The maximum absolute atomic E-state index is 13.4. The molecule has 0 aliphatic carbocycles. The third-order valence-electron chi connectivity index (χ3n) is 6.34. The summed E-state index contributed by atoms with van der Waals surface area (Å²) in [7, 11) is 1.28. The van der Waals surface area contributed by atoms with Crippen molar-refractivity contribution in [2.24, 2.45) is 0 Å². The summed E-state index contributed by atoms with van der Waals surface area (Å²) in [6, 6.07) is 13.4. The number of urea groups is 1. The minimum atomic E-state index is -0.572. The van der Waals surface area contributed by atoms with E-state index < -0.39 is 12.0 Å². The number of methoxy groups -OCH3 is 1. The van der Waals surface area contributed by atoms with Crippen LogP contribution in [0.5, 0.6) is 0 Å². The highest BCUT2D eigenvalue weighted by Gasteiger charge is 2.48. The van der Waals surface area contributed by atoms with E-state index in [2.05, 4.69) is 9.30 Å². The van der Waals surface area contributed by atoms with Crippen LogP contribution in [-0.2, 0) is 33.8 Å². The lowest BCUT2D eigenvalue weighted by molar-refractivity contribution is -0.141. The molecule has 0 bridgehead atoms. The van der Waals surface area contributed by atoms with Crippen LogP contribution >= 0.6 is 0 Å². The molecular formula is C24H22FN3O4. The van der Waals surface area contributed by atoms with E-state index in [4.69, 9.17) is 0 Å². The lowest BCUT2D eigenvalue weighted by Gasteiger charge is -2.28. The number of benzene rings is 2. The number of fused-ring (bicyclic) bond motifs is 4. The van der Waals surface area contributed by atoms with Gasteiger partial charge in [-0.3, -0.25) is 14.5 Å². The normalized spacial score (nSPS) is 17.6. The van der Waals surface area contributed by atoms with Gasteiger partial charge in [-0.25, -0.2) is 9.18 Å². The Morgan fingerprint density at radius 2 is 1.88 bits per heavy atom. The minimum absolute atomic E-state index is 0.0118. The van der Waals surface area contributed by atoms with E-state index in [-0.39, 0.29) is 30.7 Å². The third kappa shape index (κ3) is 3.23. The van der Waals surface area contributed by atoms with Gasteiger partial charge >= 0.3 is 12.0 Å². The van der Waals surface area contributed by atoms with Gasteiger partial charge in [0.2, 0.25) is 0 Å². The quantitative estimate of drug-likeness (QED) is 0.456. The number of nitrogens with zero attached hydrogens (tertiary/aromatic N) is 3. The predicted molar refractivity (Wildman–Crippen MR) is 114 cm³/mol. The molecule has 0 radical (unpaired) electrons. The highest BCUT2D eigenvalue weighted by molar-refractivity contribution is 6.05. The number of amides is 3. The number of aromatic nitrogens is 1. The molecule has 7 nitrogen and oxygen atoms in total. The molecule has 1 fully saturated rings. The number of ether oxygens (including phenoxy) is 1. The van der Waals surface area contributed by atoms with Gasteiger partial charge in [0.1, 0.15) is 11.9 Å². The summed E-state index contributed by atoms with van der Waals surface area (Å²) in [6.45, 7) is 0.843. The number of esters is 1. The van der Waals surface area contributed by atoms with Crippen molar-refractivity contribution in [1.29, 1.82) is 0 Å². The van der Waals surface area contributed by atoms with Crippen LogP contribution in [0.15, 0.2) is 48.5 Å². The van der Waals surface area contributed by atoms with Gasteiger partial charge in [-0.15, -0.1) is 0 Å². The van der Waals surface area contributed by atoms with Crippen LogP contribution < -0.4 is 0 Å². The van der Waals surface area contributed by atoms with Gasteiger partial charge in [0, 0.05) is 36.1 Å². The fourth-order valence-corrected chi connectivity index (χ4v) is 4.73. The molecule has 1 atom stereocenters. The van der Waals surface area contributed by atoms with Crippen LogP contribution in [0.2, 0.25) is 0 Å². The summed E-state index contributed by atoms with van der Waals surface area (Å²) in [5.41, 5.74) is 3.99. The summed E-state index contributed by atoms with van der Waals surface area (Å²) >= 11 is 0. The first-order valence-corrected chi connectivity index (χ1v) is 10.5. The van der Waals surface area contributed by atoms with E-state index in [0.29, 0.717) is 19.5 Å². The Hall–Kier alpha value is -3.68. The number of hydrogen-bond acceptors (Lipinski definition) is 4. The summed E-state index contributed by atoms with van der Waals surface area (Å²) in [4.78, 5) is 40.3. The Labute approximate surface area is 184 Å². The summed E-state index contributed by atoms with van der Waals surface area (Å²) in [6.07, 6.45) is 0.396. The Morgan fingerprint density at radius 1 is 1.12 bits per heavy atom. The van der Waals surface area contributed by atoms with Crippen LogP contribution in [0, 0.1) is 5.82 Å². The van der Waals surface area contributed by atoms with Crippen molar-refractivity contribution in [2.45, 2.75) is 32.0 Å². The molecule has 5 rings (SSSR count). The van der Waals surface area contributed by atoms with Crippen LogP contribution in [-0.4, -0.2) is 52.0 Å². The van der Waals surface area contributed by atoms with Crippen molar-refractivity contribution < 1.29 is 23.5 Å². The molecule has 0 spiro atoms. The number of imide groups is 1. The van der Waals surface area contributed by atoms with E-state index in [0.717, 1.165) is 32.6 Å². The number of rotatable bonds is 5. The molecular weight excluding hydrogens is 413 g/mol. The Morgan fingerprint density at radius 3 is 2.62 bits per heavy atom. The molecule has 1 saturated heterocycles. The Kier molecular flexibility index (Phi) is 4.92. The van der Waals surface area contributed by atoms with Crippen molar-refractivity contribution >= 4 is 28.8 Å². The Bertz CT molecular complexity index is 1230. The zero-order valence-electron chi connectivity index (χ0n) is 17.6. The lowest BCUT2D eigenvalue weighted by Crippen LogP contribution is -2.40. The number of hydrogen-bond donors (Lipinski definition) is 0. The third-order valence-corrected chi connectivity index (χ3v) is 6.34. The molecule has 8 heteroatoms. The van der Waals surface area contributed by atoms with Gasteiger partial charge in [-0.05, 0) is 29.3 Å². The summed E-state index contributed by atoms with van der Waals surface area (Å²) < 4.78 is 20.2. The number of para-hydroxylation sites is 1. The Balaban J connectivity index is 1.50. The SMILES string of the molecule is COC(=O)CCN1C(=O)C2Cc3c(n(Cc4ccc(F)cc4)c4ccccc34)CN2C1=O. The molecule has 2 aliphatic rings. The second kappa shape index (κ2) is 7.78. The molecule has 0 saturated carbocycles. The highest BCUT2D eigenvalue weighted by atomic mass is 19.1. The molecule has 1 unspecified atom stereocenters. The van der Waals surface area contributed by atoms with Crippen molar-refractivity contribution in [3.8, 4) is 0 Å². The number of carbonyl (C=O) groups is 3. The van der Waals surface area contributed by atoms with Crippen molar-refractivity contribution in [2.75, 3.05) is 13.7 Å². The van der Waals surface area contributed by atoms with E-state index >= 15 is 0 Å². The molecule has 2 aliphatic heterocycles. The fourth-order valence-electron chi connectivity index (χ4n) is 4.73. The first-order valence-electron chi connectivity index (χ1n) is 10.5. The monoisotopic (exact) mass is 435 g/mol. The fraction of sp³-hybridized carbons (Fsp3) is 0.292. The van der Waals surface area contributed by atoms with Gasteiger partial charge in [0.05, 0.1) is 20.1 Å². The van der Waals surface area contributed by atoms with Crippen LogP contribution in [0.25, 0.3) is 10.9 Å². The van der Waals surface area contributed by atoms with Crippen LogP contribution in [0.3, 0.4) is 0 Å². The van der Waals surface area contributed by atoms with Crippen molar-refractivity contribution in [1.82, 2.24) is 14.4 Å². The zero-order chi connectivity index (χ0) is 22.4.